The minimum Gasteiger partial charge on any atom is -0.378 e. The predicted molar refractivity (Wildman–Crippen MR) is 89.8 cm³/mol. The van der Waals surface area contributed by atoms with Crippen molar-refractivity contribution in [1.29, 1.82) is 0 Å². The van der Waals surface area contributed by atoms with E-state index >= 15 is 0 Å². The maximum absolute atomic E-state index is 6.26. The van der Waals surface area contributed by atoms with Crippen LogP contribution in [0.4, 0.5) is 5.69 Å². The lowest BCUT2D eigenvalue weighted by Crippen LogP contribution is -2.59. The van der Waals surface area contributed by atoms with Gasteiger partial charge < -0.3 is 15.4 Å². The highest BCUT2D eigenvalue weighted by atomic mass is 16.5. The summed E-state index contributed by atoms with van der Waals surface area (Å²) in [5.41, 5.74) is 8.86. The molecular formula is C18H30N2O. The van der Waals surface area contributed by atoms with Crippen molar-refractivity contribution >= 4 is 5.69 Å². The van der Waals surface area contributed by atoms with Gasteiger partial charge in [-0.2, -0.15) is 0 Å². The van der Waals surface area contributed by atoms with E-state index in [1.807, 2.05) is 0 Å². The fourth-order valence-electron chi connectivity index (χ4n) is 3.49. The summed E-state index contributed by atoms with van der Waals surface area (Å²) in [4.78, 5) is 2.50. The van der Waals surface area contributed by atoms with E-state index in [-0.39, 0.29) is 5.54 Å². The third-order valence-electron chi connectivity index (χ3n) is 4.81. The van der Waals surface area contributed by atoms with Gasteiger partial charge in [0.1, 0.15) is 0 Å². The zero-order chi connectivity index (χ0) is 15.5. The van der Waals surface area contributed by atoms with Crippen molar-refractivity contribution in [2.24, 2.45) is 11.7 Å². The lowest BCUT2D eigenvalue weighted by molar-refractivity contribution is -0.0420. The number of hydrogen-bond acceptors (Lipinski definition) is 3. The van der Waals surface area contributed by atoms with Gasteiger partial charge >= 0.3 is 0 Å². The van der Waals surface area contributed by atoms with Gasteiger partial charge in [-0.15, -0.1) is 0 Å². The van der Waals surface area contributed by atoms with Crippen LogP contribution in [0, 0.1) is 12.8 Å². The summed E-state index contributed by atoms with van der Waals surface area (Å²) < 4.78 is 5.97. The van der Waals surface area contributed by atoms with Gasteiger partial charge in [-0.05, 0) is 50.3 Å². The normalized spacial score (nSPS) is 26.1. The predicted octanol–water partition coefficient (Wildman–Crippen LogP) is 3.35. The molecule has 2 atom stereocenters. The third kappa shape index (κ3) is 3.41. The minimum absolute atomic E-state index is 0.0235. The van der Waals surface area contributed by atoms with Gasteiger partial charge in [0.15, 0.2) is 0 Å². The van der Waals surface area contributed by atoms with Gasteiger partial charge in [0, 0.05) is 25.4 Å². The third-order valence-corrected chi connectivity index (χ3v) is 4.81. The van der Waals surface area contributed by atoms with Crippen molar-refractivity contribution in [3.63, 3.8) is 0 Å². The van der Waals surface area contributed by atoms with Crippen molar-refractivity contribution in [2.45, 2.75) is 52.2 Å². The lowest BCUT2D eigenvalue weighted by Gasteiger charge is -2.49. The SMILES string of the molecule is CCN(c1cccc(C)c1)C1(CN)CCOC(C(C)C)C1. The zero-order valence-corrected chi connectivity index (χ0v) is 13.9. The van der Waals surface area contributed by atoms with E-state index in [9.17, 15) is 0 Å². The second-order valence-corrected chi connectivity index (χ2v) is 6.62. The first-order valence-corrected chi connectivity index (χ1v) is 8.18. The first-order chi connectivity index (χ1) is 10.0. The van der Waals surface area contributed by atoms with Crippen LogP contribution in [-0.4, -0.2) is 31.3 Å². The Kier molecular flexibility index (Phi) is 5.28. The van der Waals surface area contributed by atoms with E-state index in [0.29, 0.717) is 18.6 Å². The highest BCUT2D eigenvalue weighted by Gasteiger charge is 2.41. The summed E-state index contributed by atoms with van der Waals surface area (Å²) in [6, 6.07) is 8.75. The summed E-state index contributed by atoms with van der Waals surface area (Å²) in [5.74, 6) is 0.535. The first kappa shape index (κ1) is 16.3. The molecule has 1 aromatic rings. The molecule has 0 amide bonds. The number of benzene rings is 1. The minimum atomic E-state index is 0.0235. The number of ether oxygens (including phenoxy) is 1. The topological polar surface area (TPSA) is 38.5 Å². The number of aryl methyl sites for hydroxylation is 1. The highest BCUT2D eigenvalue weighted by molar-refractivity contribution is 5.51. The highest BCUT2D eigenvalue weighted by Crippen LogP contribution is 2.36. The van der Waals surface area contributed by atoms with Gasteiger partial charge in [0.05, 0.1) is 11.6 Å². The molecule has 0 aromatic heterocycles. The van der Waals surface area contributed by atoms with Crippen LogP contribution in [0.2, 0.25) is 0 Å². The molecule has 1 aromatic carbocycles. The first-order valence-electron chi connectivity index (χ1n) is 8.18. The number of hydrogen-bond donors (Lipinski definition) is 1. The van der Waals surface area contributed by atoms with E-state index < -0.39 is 0 Å². The van der Waals surface area contributed by atoms with Crippen molar-refractivity contribution in [2.75, 3.05) is 24.6 Å². The molecule has 1 aliphatic heterocycles. The van der Waals surface area contributed by atoms with E-state index in [2.05, 4.69) is 56.9 Å². The monoisotopic (exact) mass is 290 g/mol. The second kappa shape index (κ2) is 6.80. The van der Waals surface area contributed by atoms with Crippen LogP contribution in [0.5, 0.6) is 0 Å². The summed E-state index contributed by atoms with van der Waals surface area (Å²) >= 11 is 0. The van der Waals surface area contributed by atoms with Crippen LogP contribution in [0.25, 0.3) is 0 Å². The molecule has 1 saturated heterocycles. The summed E-state index contributed by atoms with van der Waals surface area (Å²) in [6.45, 7) is 11.3. The van der Waals surface area contributed by atoms with Crippen molar-refractivity contribution in [3.05, 3.63) is 29.8 Å². The Morgan fingerprint density at radius 2 is 2.19 bits per heavy atom. The average Bonchev–Trinajstić information content (AvgIpc) is 2.48. The molecule has 1 aliphatic rings. The molecule has 21 heavy (non-hydrogen) atoms. The second-order valence-electron chi connectivity index (χ2n) is 6.62. The number of nitrogens with zero attached hydrogens (tertiary/aromatic N) is 1. The Labute approximate surface area is 129 Å². The van der Waals surface area contributed by atoms with Gasteiger partial charge in [-0.1, -0.05) is 26.0 Å². The molecule has 1 heterocycles. The molecule has 1 fully saturated rings. The fourth-order valence-corrected chi connectivity index (χ4v) is 3.49. The van der Waals surface area contributed by atoms with E-state index in [4.69, 9.17) is 10.5 Å². The van der Waals surface area contributed by atoms with Gasteiger partial charge in [-0.25, -0.2) is 0 Å². The molecule has 3 nitrogen and oxygen atoms in total. The zero-order valence-electron chi connectivity index (χ0n) is 13.9. The standard InChI is InChI=1S/C18H30N2O/c1-5-20(16-8-6-7-15(4)11-16)18(13-19)9-10-21-17(12-18)14(2)3/h6-8,11,14,17H,5,9-10,12-13,19H2,1-4H3. The van der Waals surface area contributed by atoms with Gasteiger partial charge in [0.25, 0.3) is 0 Å². The van der Waals surface area contributed by atoms with Crippen LogP contribution in [0.1, 0.15) is 39.2 Å². The largest absolute Gasteiger partial charge is 0.378 e. The Morgan fingerprint density at radius 1 is 1.43 bits per heavy atom. The molecule has 0 bridgehead atoms. The molecule has 0 saturated carbocycles. The molecule has 0 spiro atoms. The Balaban J connectivity index is 2.32. The van der Waals surface area contributed by atoms with Gasteiger partial charge in [-0.3, -0.25) is 0 Å². The molecule has 2 N–H and O–H groups in total. The lowest BCUT2D eigenvalue weighted by atomic mass is 9.81. The van der Waals surface area contributed by atoms with Crippen molar-refractivity contribution in [3.8, 4) is 0 Å². The Hall–Kier alpha value is -1.06. The molecule has 2 unspecified atom stereocenters. The van der Waals surface area contributed by atoms with Gasteiger partial charge in [0.2, 0.25) is 0 Å². The molecule has 2 rings (SSSR count). The number of rotatable bonds is 5. The molecule has 3 heteroatoms. The van der Waals surface area contributed by atoms with Crippen molar-refractivity contribution < 1.29 is 4.74 Å². The summed E-state index contributed by atoms with van der Waals surface area (Å²) in [6.07, 6.45) is 2.33. The number of likely N-dealkylation sites (N-methyl/N-ethyl adjacent to an activating group) is 1. The molecule has 0 aliphatic carbocycles. The molecular weight excluding hydrogens is 260 g/mol. The quantitative estimate of drug-likeness (QED) is 0.903. The number of nitrogens with two attached hydrogens (primary N) is 1. The Morgan fingerprint density at radius 3 is 2.76 bits per heavy atom. The maximum atomic E-state index is 6.26. The summed E-state index contributed by atoms with van der Waals surface area (Å²) in [5, 5.41) is 0. The number of anilines is 1. The van der Waals surface area contributed by atoms with Crippen LogP contribution in [0.3, 0.4) is 0 Å². The molecule has 118 valence electrons. The maximum Gasteiger partial charge on any atom is 0.0620 e. The van der Waals surface area contributed by atoms with Crippen LogP contribution >= 0.6 is 0 Å². The summed E-state index contributed by atoms with van der Waals surface area (Å²) in [7, 11) is 0. The van der Waals surface area contributed by atoms with E-state index in [1.165, 1.54) is 11.3 Å². The van der Waals surface area contributed by atoms with Crippen LogP contribution in [-0.2, 0) is 4.74 Å². The smallest absolute Gasteiger partial charge is 0.0620 e. The molecule has 0 radical (unpaired) electrons. The van der Waals surface area contributed by atoms with E-state index in [1.54, 1.807) is 0 Å². The average molecular weight is 290 g/mol. The van der Waals surface area contributed by atoms with E-state index in [0.717, 1.165) is 26.0 Å². The van der Waals surface area contributed by atoms with Crippen molar-refractivity contribution in [1.82, 2.24) is 0 Å². The van der Waals surface area contributed by atoms with Crippen LogP contribution < -0.4 is 10.6 Å². The fraction of sp³-hybridized carbons (Fsp3) is 0.667. The Bertz CT molecular complexity index is 460. The van der Waals surface area contributed by atoms with Crippen LogP contribution in [0.15, 0.2) is 24.3 Å².